The van der Waals surface area contributed by atoms with Crippen molar-refractivity contribution in [3.8, 4) is 0 Å². The molecule has 8 rings (SSSR count). The number of ether oxygens (including phenoxy) is 3. The van der Waals surface area contributed by atoms with Gasteiger partial charge < -0.3 is 29.1 Å². The average molecular weight is 627 g/mol. The van der Waals surface area contributed by atoms with E-state index in [0.29, 0.717) is 23.2 Å². The van der Waals surface area contributed by atoms with Gasteiger partial charge in [-0.05, 0) is 111 Å². The molecule has 45 heavy (non-hydrogen) atoms. The zero-order valence-corrected chi connectivity index (χ0v) is 28.7. The van der Waals surface area contributed by atoms with Gasteiger partial charge in [-0.15, -0.1) is 0 Å². The summed E-state index contributed by atoms with van der Waals surface area (Å²) in [5.74, 6) is 1.50. The first-order valence-corrected chi connectivity index (χ1v) is 18.5. The summed E-state index contributed by atoms with van der Waals surface area (Å²) in [5.41, 5.74) is 0.335. The van der Waals surface area contributed by atoms with Gasteiger partial charge in [-0.3, -0.25) is 0 Å². The fraction of sp³-hybridized carbons (Fsp3) is 0.946. The number of likely N-dealkylation sites (tertiary alicyclic amines) is 2. The Bertz CT molecular complexity index is 1230. The van der Waals surface area contributed by atoms with E-state index in [4.69, 9.17) is 14.2 Å². The van der Waals surface area contributed by atoms with Crippen LogP contribution in [0.3, 0.4) is 0 Å². The number of carbonyl (C=O) groups is 2. The fourth-order valence-corrected chi connectivity index (χ4v) is 13.3. The maximum atomic E-state index is 12.9. The summed E-state index contributed by atoms with van der Waals surface area (Å²) in [4.78, 5) is 29.3. The summed E-state index contributed by atoms with van der Waals surface area (Å²) in [6.07, 6.45) is 10.5. The number of carbonyl (C=O) groups excluding carboxylic acids is 2. The van der Waals surface area contributed by atoms with Gasteiger partial charge in [0.05, 0.1) is 18.3 Å². The number of fused-ring (bicyclic) bond motifs is 4. The molecule has 252 valence electrons. The molecule has 0 aromatic rings. The monoisotopic (exact) mass is 626 g/mol. The van der Waals surface area contributed by atoms with Crippen molar-refractivity contribution in [1.82, 2.24) is 9.80 Å². The molecule has 5 aliphatic carbocycles. The predicted molar refractivity (Wildman–Crippen MR) is 169 cm³/mol. The molecule has 5 saturated carbocycles. The van der Waals surface area contributed by atoms with Crippen molar-refractivity contribution in [2.75, 3.05) is 26.2 Å². The maximum Gasteiger partial charge on any atom is 0.410 e. The molecule has 8 nitrogen and oxygen atoms in total. The molecule has 8 aliphatic rings. The van der Waals surface area contributed by atoms with E-state index in [1.807, 2.05) is 4.90 Å². The molecule has 2 amide bonds. The number of hydrogen-bond acceptors (Lipinski definition) is 6. The van der Waals surface area contributed by atoms with E-state index in [-0.39, 0.29) is 64.2 Å². The lowest BCUT2D eigenvalue weighted by Gasteiger charge is -2.63. The highest BCUT2D eigenvalue weighted by molar-refractivity contribution is 5.69. The number of nitrogens with zero attached hydrogens (tertiary/aromatic N) is 2. The second kappa shape index (κ2) is 9.99. The Morgan fingerprint density at radius 3 is 2.11 bits per heavy atom. The first-order valence-electron chi connectivity index (χ1n) is 18.5. The number of aliphatic hydroxyl groups excluding tert-OH is 1. The molecule has 8 fully saturated rings. The molecule has 1 N–H and O–H groups in total. The van der Waals surface area contributed by atoms with Gasteiger partial charge in [-0.1, -0.05) is 41.5 Å². The molecule has 0 aromatic heterocycles. The molecule has 0 bridgehead atoms. The maximum absolute atomic E-state index is 12.9. The van der Waals surface area contributed by atoms with Crippen LogP contribution in [0.4, 0.5) is 9.59 Å². The van der Waals surface area contributed by atoms with Crippen LogP contribution in [-0.4, -0.2) is 83.8 Å². The number of aliphatic hydroxyl groups is 1. The van der Waals surface area contributed by atoms with Crippen molar-refractivity contribution in [2.45, 2.75) is 143 Å². The number of amides is 2. The quantitative estimate of drug-likeness (QED) is 0.377. The second-order valence-corrected chi connectivity index (χ2v) is 18.1. The molecule has 2 spiro atoms. The van der Waals surface area contributed by atoms with E-state index < -0.39 is 6.10 Å². The summed E-state index contributed by atoms with van der Waals surface area (Å²) in [6, 6.07) is 0. The third kappa shape index (κ3) is 3.90. The van der Waals surface area contributed by atoms with Crippen molar-refractivity contribution < 1.29 is 28.9 Å². The summed E-state index contributed by atoms with van der Waals surface area (Å²) < 4.78 is 19.3. The van der Waals surface area contributed by atoms with Gasteiger partial charge in [0.15, 0.2) is 0 Å². The van der Waals surface area contributed by atoms with E-state index in [2.05, 4.69) is 41.5 Å². The van der Waals surface area contributed by atoms with Crippen molar-refractivity contribution in [1.29, 1.82) is 0 Å². The minimum Gasteiger partial charge on any atom is -0.446 e. The Hall–Kier alpha value is -1.54. The summed E-state index contributed by atoms with van der Waals surface area (Å²) in [7, 11) is 0. The smallest absolute Gasteiger partial charge is 0.410 e. The Morgan fingerprint density at radius 2 is 1.47 bits per heavy atom. The van der Waals surface area contributed by atoms with Gasteiger partial charge in [0.2, 0.25) is 0 Å². The van der Waals surface area contributed by atoms with Gasteiger partial charge in [0, 0.05) is 37.0 Å². The summed E-state index contributed by atoms with van der Waals surface area (Å²) in [5, 5.41) is 12.5. The molecule has 3 saturated heterocycles. The van der Waals surface area contributed by atoms with Crippen LogP contribution in [0.25, 0.3) is 0 Å². The minimum atomic E-state index is -0.521. The highest BCUT2D eigenvalue weighted by Gasteiger charge is 2.84. The third-order valence-corrected chi connectivity index (χ3v) is 16.2. The highest BCUT2D eigenvalue weighted by Crippen LogP contribution is 2.89. The SMILES string of the molecule is CC(C)C(OC(=O)N1CCC1)C1CC[C@H]2C(O1)[C@H](O)[C@@]1(C)C3CC[C@H]4C(C)(C)C(OC(=O)N5CCC5)CCC45CC35CCC21C. The van der Waals surface area contributed by atoms with E-state index in [1.54, 1.807) is 4.90 Å². The van der Waals surface area contributed by atoms with Crippen LogP contribution in [0.5, 0.6) is 0 Å². The van der Waals surface area contributed by atoms with Crippen molar-refractivity contribution in [2.24, 2.45) is 50.7 Å². The first-order chi connectivity index (χ1) is 21.3. The zero-order valence-electron chi connectivity index (χ0n) is 28.7. The Kier molecular flexibility index (Phi) is 6.83. The van der Waals surface area contributed by atoms with E-state index in [9.17, 15) is 14.7 Å². The first kappa shape index (κ1) is 30.8. The molecule has 3 heterocycles. The highest BCUT2D eigenvalue weighted by atomic mass is 16.6. The van der Waals surface area contributed by atoms with Gasteiger partial charge in [-0.2, -0.15) is 0 Å². The van der Waals surface area contributed by atoms with Crippen LogP contribution in [0.1, 0.15) is 112 Å². The van der Waals surface area contributed by atoms with Crippen molar-refractivity contribution in [3.05, 3.63) is 0 Å². The molecule has 0 aromatic carbocycles. The zero-order chi connectivity index (χ0) is 31.7. The van der Waals surface area contributed by atoms with Crippen LogP contribution in [0.2, 0.25) is 0 Å². The molecule has 8 heteroatoms. The molecule has 0 radical (unpaired) electrons. The summed E-state index contributed by atoms with van der Waals surface area (Å²) in [6.45, 7) is 17.1. The van der Waals surface area contributed by atoms with Gasteiger partial charge in [-0.25, -0.2) is 9.59 Å². The molecule has 8 unspecified atom stereocenters. The predicted octanol–water partition coefficient (Wildman–Crippen LogP) is 6.63. The van der Waals surface area contributed by atoms with Gasteiger partial charge >= 0.3 is 12.2 Å². The van der Waals surface area contributed by atoms with Gasteiger partial charge in [0.1, 0.15) is 12.2 Å². The number of rotatable bonds is 4. The van der Waals surface area contributed by atoms with E-state index in [1.165, 1.54) is 12.8 Å². The largest absolute Gasteiger partial charge is 0.446 e. The molecule has 12 atom stereocenters. The average Bonchev–Trinajstić information content (AvgIpc) is 3.56. The van der Waals surface area contributed by atoms with Crippen molar-refractivity contribution in [3.63, 3.8) is 0 Å². The van der Waals surface area contributed by atoms with Crippen LogP contribution >= 0.6 is 0 Å². The summed E-state index contributed by atoms with van der Waals surface area (Å²) >= 11 is 0. The molecule has 3 aliphatic heterocycles. The normalized spacial score (nSPS) is 49.6. The van der Waals surface area contributed by atoms with Crippen molar-refractivity contribution >= 4 is 12.2 Å². The van der Waals surface area contributed by atoms with Gasteiger partial charge in [0.25, 0.3) is 0 Å². The van der Waals surface area contributed by atoms with Crippen LogP contribution in [0.15, 0.2) is 0 Å². The Labute approximate surface area is 270 Å². The number of hydrogen-bond donors (Lipinski definition) is 1. The molecular weight excluding hydrogens is 568 g/mol. The van der Waals surface area contributed by atoms with Crippen LogP contribution in [0, 0.1) is 50.7 Å². The van der Waals surface area contributed by atoms with E-state index >= 15 is 0 Å². The second-order valence-electron chi connectivity index (χ2n) is 18.1. The minimum absolute atomic E-state index is 0.0192. The Morgan fingerprint density at radius 1 is 0.822 bits per heavy atom. The topological polar surface area (TPSA) is 88.5 Å². The Balaban J connectivity index is 1.02. The third-order valence-electron chi connectivity index (χ3n) is 16.2. The standard InChI is InChI=1S/C37H58N2O6/c1-22(2)28(45-32(42)39-19-8-20-39)24-10-9-23-29(43-24)30(40)35(6)26-12-11-25-33(3,4)27(44-31(41)38-17-7-18-38)13-14-36(25)21-37(26,36)16-15-34(23,35)5/h22-30,40H,7-21H2,1-6H3/t23-,24?,25-,26?,27?,28?,29?,30-,34?,35+,36?,37?/m0/s1. The lowest BCUT2D eigenvalue weighted by atomic mass is 9.41. The van der Waals surface area contributed by atoms with Crippen LogP contribution < -0.4 is 0 Å². The lowest BCUT2D eigenvalue weighted by molar-refractivity contribution is -0.185. The molecular formula is C37H58N2O6. The van der Waals surface area contributed by atoms with E-state index in [0.717, 1.165) is 84.0 Å². The van der Waals surface area contributed by atoms with Crippen LogP contribution in [-0.2, 0) is 14.2 Å². The lowest BCUT2D eigenvalue weighted by Crippen LogP contribution is -2.60. The fourth-order valence-electron chi connectivity index (χ4n) is 13.3.